The quantitative estimate of drug-likeness (QED) is 0.898. The van der Waals surface area contributed by atoms with E-state index in [1.165, 1.54) is 60.5 Å². The highest BCUT2D eigenvalue weighted by atomic mass is 32.1. The van der Waals surface area contributed by atoms with Crippen molar-refractivity contribution in [3.05, 3.63) is 15.6 Å². The number of rotatable bonds is 3. The number of thiazole rings is 1. The fraction of sp³-hybridized carbons (Fsp3) is 0.800. The summed E-state index contributed by atoms with van der Waals surface area (Å²) in [6.07, 6.45) is 10.6. The number of aryl methyl sites for hydroxylation is 2. The smallest absolute Gasteiger partial charge is 0.0946 e. The Labute approximate surface area is 115 Å². The normalized spacial score (nSPS) is 20.4. The molecule has 0 amide bonds. The summed E-state index contributed by atoms with van der Waals surface area (Å²) < 4.78 is 0. The van der Waals surface area contributed by atoms with Crippen LogP contribution in [0.25, 0.3) is 0 Å². The maximum Gasteiger partial charge on any atom is 0.0946 e. The number of hydrogen-bond acceptors (Lipinski definition) is 3. The molecule has 0 saturated heterocycles. The van der Waals surface area contributed by atoms with Crippen molar-refractivity contribution in [3.8, 4) is 0 Å². The van der Waals surface area contributed by atoms with Crippen LogP contribution in [0, 0.1) is 19.8 Å². The van der Waals surface area contributed by atoms with Crippen molar-refractivity contribution in [2.45, 2.75) is 71.3 Å². The van der Waals surface area contributed by atoms with Crippen molar-refractivity contribution in [2.75, 3.05) is 0 Å². The first-order valence-corrected chi connectivity index (χ1v) is 8.17. The number of aromatic nitrogens is 1. The van der Waals surface area contributed by atoms with Gasteiger partial charge in [-0.1, -0.05) is 32.1 Å². The topological polar surface area (TPSA) is 38.9 Å². The second-order valence-electron chi connectivity index (χ2n) is 5.72. The zero-order chi connectivity index (χ0) is 13.0. The van der Waals surface area contributed by atoms with Crippen molar-refractivity contribution in [3.63, 3.8) is 0 Å². The van der Waals surface area contributed by atoms with E-state index < -0.39 is 0 Å². The Balaban J connectivity index is 1.91. The molecule has 1 fully saturated rings. The van der Waals surface area contributed by atoms with E-state index >= 15 is 0 Å². The van der Waals surface area contributed by atoms with Gasteiger partial charge in [0.15, 0.2) is 0 Å². The Bertz CT molecular complexity index is 345. The van der Waals surface area contributed by atoms with E-state index in [0.717, 1.165) is 12.3 Å². The average Bonchev–Trinajstić information content (AvgIpc) is 2.56. The van der Waals surface area contributed by atoms with Crippen LogP contribution in [0.3, 0.4) is 0 Å². The first kappa shape index (κ1) is 14.0. The van der Waals surface area contributed by atoms with Crippen LogP contribution < -0.4 is 5.73 Å². The van der Waals surface area contributed by atoms with E-state index in [2.05, 4.69) is 18.8 Å². The van der Waals surface area contributed by atoms with E-state index in [-0.39, 0.29) is 0 Å². The van der Waals surface area contributed by atoms with Gasteiger partial charge in [0.1, 0.15) is 0 Å². The minimum atomic E-state index is 0.313. The van der Waals surface area contributed by atoms with Crippen LogP contribution in [0.15, 0.2) is 0 Å². The minimum Gasteiger partial charge on any atom is -0.327 e. The van der Waals surface area contributed by atoms with Gasteiger partial charge in [-0.05, 0) is 32.6 Å². The van der Waals surface area contributed by atoms with Gasteiger partial charge in [-0.3, -0.25) is 0 Å². The van der Waals surface area contributed by atoms with Crippen LogP contribution in [-0.4, -0.2) is 11.0 Å². The highest BCUT2D eigenvalue weighted by molar-refractivity contribution is 7.11. The highest BCUT2D eigenvalue weighted by Crippen LogP contribution is 2.27. The second kappa shape index (κ2) is 6.67. The Hall–Kier alpha value is -0.410. The molecular weight excluding hydrogens is 240 g/mol. The monoisotopic (exact) mass is 266 g/mol. The van der Waals surface area contributed by atoms with Crippen LogP contribution in [0.4, 0.5) is 0 Å². The van der Waals surface area contributed by atoms with E-state index in [9.17, 15) is 0 Å². The van der Waals surface area contributed by atoms with Gasteiger partial charge in [-0.25, -0.2) is 4.98 Å². The standard InChI is InChI=1S/C15H26N2S/c1-11-12(2)18-15(17-11)10-14(16)13-8-6-4-3-5-7-9-13/h13-14H,3-10,16H2,1-2H3. The maximum atomic E-state index is 6.43. The Morgan fingerprint density at radius 2 is 1.78 bits per heavy atom. The predicted molar refractivity (Wildman–Crippen MR) is 79.1 cm³/mol. The van der Waals surface area contributed by atoms with Crippen molar-refractivity contribution >= 4 is 11.3 Å². The summed E-state index contributed by atoms with van der Waals surface area (Å²) in [7, 11) is 0. The van der Waals surface area contributed by atoms with Crippen LogP contribution in [-0.2, 0) is 6.42 Å². The zero-order valence-electron chi connectivity index (χ0n) is 11.7. The molecule has 18 heavy (non-hydrogen) atoms. The lowest BCUT2D eigenvalue weighted by molar-refractivity contribution is 0.322. The molecule has 1 saturated carbocycles. The van der Waals surface area contributed by atoms with E-state index in [1.807, 2.05) is 11.3 Å². The fourth-order valence-electron chi connectivity index (χ4n) is 2.91. The van der Waals surface area contributed by atoms with Gasteiger partial charge < -0.3 is 5.73 Å². The molecule has 1 heterocycles. The van der Waals surface area contributed by atoms with Crippen LogP contribution in [0.5, 0.6) is 0 Å². The molecular formula is C15H26N2S. The molecule has 0 aliphatic heterocycles. The number of hydrogen-bond donors (Lipinski definition) is 1. The summed E-state index contributed by atoms with van der Waals surface area (Å²) in [5, 5.41) is 1.24. The molecule has 0 radical (unpaired) electrons. The SMILES string of the molecule is Cc1nc(CC(N)C2CCCCCCC2)sc1C. The molecule has 1 aliphatic rings. The third-order valence-electron chi connectivity index (χ3n) is 4.24. The zero-order valence-corrected chi connectivity index (χ0v) is 12.6. The van der Waals surface area contributed by atoms with Gasteiger partial charge >= 0.3 is 0 Å². The van der Waals surface area contributed by atoms with Gasteiger partial charge in [0.05, 0.1) is 10.7 Å². The fourth-order valence-corrected chi connectivity index (χ4v) is 3.92. The first-order valence-electron chi connectivity index (χ1n) is 7.35. The summed E-state index contributed by atoms with van der Waals surface area (Å²) in [5.74, 6) is 0.717. The molecule has 1 aliphatic carbocycles. The maximum absolute atomic E-state index is 6.43. The van der Waals surface area contributed by atoms with Gasteiger partial charge in [-0.2, -0.15) is 0 Å². The van der Waals surface area contributed by atoms with Crippen LogP contribution >= 0.6 is 11.3 Å². The van der Waals surface area contributed by atoms with Crippen molar-refractivity contribution < 1.29 is 0 Å². The Morgan fingerprint density at radius 1 is 1.17 bits per heavy atom. The predicted octanol–water partition coefficient (Wildman–Crippen LogP) is 3.99. The molecule has 2 rings (SSSR count). The lowest BCUT2D eigenvalue weighted by Gasteiger charge is -2.25. The summed E-state index contributed by atoms with van der Waals surface area (Å²) in [6, 6.07) is 0.313. The Kier molecular flexibility index (Phi) is 5.19. The van der Waals surface area contributed by atoms with E-state index in [4.69, 9.17) is 5.73 Å². The first-order chi connectivity index (χ1) is 8.66. The van der Waals surface area contributed by atoms with Crippen LogP contribution in [0.2, 0.25) is 0 Å². The lowest BCUT2D eigenvalue weighted by atomic mass is 9.85. The van der Waals surface area contributed by atoms with Gasteiger partial charge in [0.2, 0.25) is 0 Å². The molecule has 3 heteroatoms. The highest BCUT2D eigenvalue weighted by Gasteiger charge is 2.20. The molecule has 102 valence electrons. The van der Waals surface area contributed by atoms with Gasteiger partial charge in [-0.15, -0.1) is 11.3 Å². The van der Waals surface area contributed by atoms with Gasteiger partial charge in [0, 0.05) is 17.3 Å². The minimum absolute atomic E-state index is 0.313. The van der Waals surface area contributed by atoms with E-state index in [1.54, 1.807) is 0 Å². The summed E-state index contributed by atoms with van der Waals surface area (Å²) in [4.78, 5) is 5.97. The average molecular weight is 266 g/mol. The molecule has 2 N–H and O–H groups in total. The van der Waals surface area contributed by atoms with Crippen molar-refractivity contribution in [1.82, 2.24) is 4.98 Å². The lowest BCUT2D eigenvalue weighted by Crippen LogP contribution is -2.32. The van der Waals surface area contributed by atoms with Crippen molar-refractivity contribution in [2.24, 2.45) is 11.7 Å². The molecule has 2 nitrogen and oxygen atoms in total. The third-order valence-corrected chi connectivity index (χ3v) is 5.33. The van der Waals surface area contributed by atoms with E-state index in [0.29, 0.717) is 6.04 Å². The summed E-state index contributed by atoms with van der Waals surface area (Å²) in [5.41, 5.74) is 7.61. The van der Waals surface area contributed by atoms with Crippen molar-refractivity contribution in [1.29, 1.82) is 0 Å². The molecule has 1 atom stereocenters. The second-order valence-corrected chi connectivity index (χ2v) is 7.01. The molecule has 0 spiro atoms. The van der Waals surface area contributed by atoms with Crippen LogP contribution in [0.1, 0.15) is 60.5 Å². The van der Waals surface area contributed by atoms with Gasteiger partial charge in [0.25, 0.3) is 0 Å². The molecule has 1 aromatic rings. The Morgan fingerprint density at radius 3 is 2.33 bits per heavy atom. The molecule has 0 aromatic carbocycles. The molecule has 1 aromatic heterocycles. The number of nitrogens with two attached hydrogens (primary N) is 1. The third kappa shape index (κ3) is 3.79. The molecule has 1 unspecified atom stereocenters. The largest absolute Gasteiger partial charge is 0.327 e. The number of nitrogens with zero attached hydrogens (tertiary/aromatic N) is 1. The molecule has 0 bridgehead atoms. The summed E-state index contributed by atoms with van der Waals surface area (Å²) in [6.45, 7) is 4.24. The summed E-state index contributed by atoms with van der Waals surface area (Å²) >= 11 is 1.82.